The van der Waals surface area contributed by atoms with E-state index < -0.39 is 0 Å². The number of rotatable bonds is 3. The summed E-state index contributed by atoms with van der Waals surface area (Å²) >= 11 is 0. The molecule has 2 bridgehead atoms. The van der Waals surface area contributed by atoms with Gasteiger partial charge in [-0.05, 0) is 43.2 Å². The lowest BCUT2D eigenvalue weighted by Crippen LogP contribution is -2.47. The number of pyridine rings is 2. The lowest BCUT2D eigenvalue weighted by atomic mass is 9.94. The molecule has 3 saturated heterocycles. The Morgan fingerprint density at radius 2 is 1.85 bits per heavy atom. The monoisotopic (exact) mass is 358 g/mol. The summed E-state index contributed by atoms with van der Waals surface area (Å²) < 4.78 is 0. The smallest absolute Gasteiger partial charge is 0.228 e. The number of carbonyl (C=O) groups is 1. The molecule has 0 unspecified atom stereocenters. The number of benzene rings is 1. The molecule has 0 spiro atoms. The molecular formula is C22H22N4O. The van der Waals surface area contributed by atoms with Crippen LogP contribution in [0.25, 0.3) is 10.9 Å². The van der Waals surface area contributed by atoms with Crippen molar-refractivity contribution in [2.24, 2.45) is 5.92 Å². The second-order valence-electron chi connectivity index (χ2n) is 7.48. The predicted octanol–water partition coefficient (Wildman–Crippen LogP) is 3.26. The topological polar surface area (TPSA) is 49.3 Å². The molecule has 5 nitrogen and oxygen atoms in total. The normalized spacial score (nSPS) is 22.3. The number of hydrogen-bond acceptors (Lipinski definition) is 4. The predicted molar refractivity (Wildman–Crippen MR) is 105 cm³/mol. The highest BCUT2D eigenvalue weighted by Gasteiger charge is 2.41. The van der Waals surface area contributed by atoms with Crippen molar-refractivity contribution >= 4 is 22.6 Å². The maximum Gasteiger partial charge on any atom is 0.228 e. The lowest BCUT2D eigenvalue weighted by molar-refractivity contribution is -0.140. The fourth-order valence-corrected chi connectivity index (χ4v) is 4.33. The van der Waals surface area contributed by atoms with E-state index in [-0.39, 0.29) is 17.9 Å². The van der Waals surface area contributed by atoms with E-state index in [1.165, 1.54) is 0 Å². The Balaban J connectivity index is 1.43. The number of carbonyl (C=O) groups excluding carboxylic acids is 1. The Hall–Kier alpha value is -2.95. The van der Waals surface area contributed by atoms with Crippen molar-refractivity contribution in [1.82, 2.24) is 14.9 Å². The minimum Gasteiger partial charge on any atom is -0.354 e. The molecule has 6 rings (SSSR count). The number of para-hydroxylation sites is 1. The summed E-state index contributed by atoms with van der Waals surface area (Å²) in [5, 5.41) is 1.15. The first-order valence-corrected chi connectivity index (χ1v) is 9.59. The highest BCUT2D eigenvalue weighted by Crippen LogP contribution is 2.32. The van der Waals surface area contributed by atoms with E-state index in [0.717, 1.165) is 48.3 Å². The van der Waals surface area contributed by atoms with Crippen LogP contribution in [-0.2, 0) is 11.3 Å². The minimum atomic E-state index is 0.0423. The van der Waals surface area contributed by atoms with Crippen LogP contribution in [0.3, 0.4) is 0 Å². The van der Waals surface area contributed by atoms with Gasteiger partial charge in [0.1, 0.15) is 5.82 Å². The Kier molecular flexibility index (Phi) is 4.00. The zero-order chi connectivity index (χ0) is 18.2. The fourth-order valence-electron chi connectivity index (χ4n) is 4.33. The van der Waals surface area contributed by atoms with Gasteiger partial charge in [0.15, 0.2) is 0 Å². The summed E-state index contributed by atoms with van der Waals surface area (Å²) in [6.45, 7) is 2.18. The SMILES string of the molecule is O=C1[C@H]2CC[C@H](CN(c3ccc4ccccc4n3)C2)N1Cc1ccccn1. The van der Waals surface area contributed by atoms with E-state index in [9.17, 15) is 4.79 Å². The van der Waals surface area contributed by atoms with Crippen molar-refractivity contribution < 1.29 is 4.79 Å². The molecule has 3 aromatic rings. The number of amides is 1. The number of piperidine rings is 1. The largest absolute Gasteiger partial charge is 0.354 e. The van der Waals surface area contributed by atoms with Gasteiger partial charge in [0.25, 0.3) is 0 Å². The van der Waals surface area contributed by atoms with Crippen molar-refractivity contribution in [2.75, 3.05) is 18.0 Å². The number of nitrogens with zero attached hydrogens (tertiary/aromatic N) is 4. The molecule has 0 radical (unpaired) electrons. The highest BCUT2D eigenvalue weighted by molar-refractivity contribution is 5.82. The van der Waals surface area contributed by atoms with Crippen molar-refractivity contribution in [3.8, 4) is 0 Å². The molecule has 5 heteroatoms. The van der Waals surface area contributed by atoms with Gasteiger partial charge in [0.2, 0.25) is 5.91 Å². The van der Waals surface area contributed by atoms with Crippen LogP contribution in [0.15, 0.2) is 60.8 Å². The highest BCUT2D eigenvalue weighted by atomic mass is 16.2. The Morgan fingerprint density at radius 1 is 0.963 bits per heavy atom. The molecule has 0 aliphatic carbocycles. The molecule has 2 atom stereocenters. The first-order valence-electron chi connectivity index (χ1n) is 9.59. The molecule has 27 heavy (non-hydrogen) atoms. The summed E-state index contributed by atoms with van der Waals surface area (Å²) in [6, 6.07) is 18.5. The Bertz CT molecular complexity index is 974. The second kappa shape index (κ2) is 6.65. The zero-order valence-electron chi connectivity index (χ0n) is 15.2. The van der Waals surface area contributed by atoms with Crippen LogP contribution in [0.2, 0.25) is 0 Å². The zero-order valence-corrected chi connectivity index (χ0v) is 15.2. The molecule has 5 heterocycles. The van der Waals surface area contributed by atoms with E-state index >= 15 is 0 Å². The number of aromatic nitrogens is 2. The third kappa shape index (κ3) is 3.03. The molecule has 2 aromatic heterocycles. The molecule has 3 aliphatic rings. The van der Waals surface area contributed by atoms with Crippen LogP contribution in [0, 0.1) is 5.92 Å². The fraction of sp³-hybridized carbons (Fsp3) is 0.318. The second-order valence-corrected chi connectivity index (χ2v) is 7.48. The van der Waals surface area contributed by atoms with Gasteiger partial charge in [-0.1, -0.05) is 24.3 Å². The van der Waals surface area contributed by atoms with Gasteiger partial charge in [-0.25, -0.2) is 4.98 Å². The first kappa shape index (κ1) is 16.2. The third-order valence-corrected chi connectivity index (χ3v) is 5.76. The molecule has 136 valence electrons. The van der Waals surface area contributed by atoms with Gasteiger partial charge in [-0.15, -0.1) is 0 Å². The van der Waals surface area contributed by atoms with Crippen molar-refractivity contribution in [3.63, 3.8) is 0 Å². The lowest BCUT2D eigenvalue weighted by Gasteiger charge is -2.35. The average molecular weight is 358 g/mol. The van der Waals surface area contributed by atoms with Crippen molar-refractivity contribution in [3.05, 3.63) is 66.5 Å². The van der Waals surface area contributed by atoms with Gasteiger partial charge in [-0.2, -0.15) is 0 Å². The van der Waals surface area contributed by atoms with Crippen molar-refractivity contribution in [1.29, 1.82) is 0 Å². The van der Waals surface area contributed by atoms with Crippen LogP contribution >= 0.6 is 0 Å². The summed E-state index contributed by atoms with van der Waals surface area (Å²) in [6.07, 6.45) is 3.81. The number of hydrogen-bond donors (Lipinski definition) is 0. The van der Waals surface area contributed by atoms with Crippen LogP contribution in [0.1, 0.15) is 18.5 Å². The van der Waals surface area contributed by atoms with Gasteiger partial charge in [0.05, 0.1) is 23.7 Å². The molecular weight excluding hydrogens is 336 g/mol. The summed E-state index contributed by atoms with van der Waals surface area (Å²) in [5.74, 6) is 1.28. The maximum absolute atomic E-state index is 13.1. The molecule has 1 aromatic carbocycles. The number of anilines is 1. The van der Waals surface area contributed by atoms with Crippen molar-refractivity contribution in [2.45, 2.75) is 25.4 Å². The van der Waals surface area contributed by atoms with E-state index in [4.69, 9.17) is 4.98 Å². The van der Waals surface area contributed by atoms with Gasteiger partial charge >= 0.3 is 0 Å². The maximum atomic E-state index is 13.1. The van der Waals surface area contributed by atoms with Gasteiger partial charge in [0, 0.05) is 30.7 Å². The quantitative estimate of drug-likeness (QED) is 0.721. The Labute approximate surface area is 158 Å². The Morgan fingerprint density at radius 3 is 2.74 bits per heavy atom. The summed E-state index contributed by atoms with van der Waals surface area (Å²) in [5.41, 5.74) is 1.96. The van der Waals surface area contributed by atoms with E-state index in [2.05, 4.69) is 28.1 Å². The van der Waals surface area contributed by atoms with Crippen LogP contribution in [0.4, 0.5) is 5.82 Å². The molecule has 0 saturated carbocycles. The summed E-state index contributed by atoms with van der Waals surface area (Å²) in [4.78, 5) is 26.7. The average Bonchev–Trinajstić information content (AvgIpc) is 3.01. The van der Waals surface area contributed by atoms with E-state index in [1.807, 2.05) is 41.3 Å². The molecule has 0 N–H and O–H groups in total. The molecule has 1 amide bonds. The van der Waals surface area contributed by atoms with Gasteiger partial charge < -0.3 is 9.80 Å². The molecule has 3 fully saturated rings. The van der Waals surface area contributed by atoms with Gasteiger partial charge in [-0.3, -0.25) is 9.78 Å². The van der Waals surface area contributed by atoms with Crippen LogP contribution in [0.5, 0.6) is 0 Å². The standard InChI is InChI=1S/C22H22N4O/c27-22-17-8-10-19(26(22)14-18-6-3-4-12-23-18)15-25(13-17)21-11-9-16-5-1-2-7-20(16)24-21/h1-7,9,11-12,17,19H,8,10,13-15H2/t17-,19+/m0/s1. The van der Waals surface area contributed by atoms with E-state index in [0.29, 0.717) is 6.54 Å². The van der Waals surface area contributed by atoms with Crippen LogP contribution in [-0.4, -0.2) is 39.9 Å². The summed E-state index contributed by atoms with van der Waals surface area (Å²) in [7, 11) is 0. The minimum absolute atomic E-state index is 0.0423. The molecule has 3 aliphatic heterocycles. The first-order chi connectivity index (χ1) is 13.3. The van der Waals surface area contributed by atoms with E-state index in [1.54, 1.807) is 6.20 Å². The van der Waals surface area contributed by atoms with Crippen LogP contribution < -0.4 is 4.90 Å². The number of fused-ring (bicyclic) bond motifs is 5. The third-order valence-electron chi connectivity index (χ3n) is 5.76.